The average Bonchev–Trinajstić information content (AvgIpc) is 2.73. The van der Waals surface area contributed by atoms with E-state index in [9.17, 15) is 18.3 Å². The van der Waals surface area contributed by atoms with E-state index in [2.05, 4.69) is 0 Å². The SMILES string of the molecule is O=C(O)[C@@H]1CC(O)CN1S(=O)(=O)CC1CCCCC1. The van der Waals surface area contributed by atoms with Gasteiger partial charge >= 0.3 is 5.97 Å². The van der Waals surface area contributed by atoms with Gasteiger partial charge in [-0.05, 0) is 18.8 Å². The van der Waals surface area contributed by atoms with E-state index in [1.54, 1.807) is 0 Å². The molecular weight excluding hydrogens is 270 g/mol. The number of hydrogen-bond acceptors (Lipinski definition) is 4. The lowest BCUT2D eigenvalue weighted by Gasteiger charge is -2.26. The minimum absolute atomic E-state index is 0.0147. The topological polar surface area (TPSA) is 94.9 Å². The molecule has 2 aliphatic rings. The first-order valence-corrected chi connectivity index (χ1v) is 8.41. The van der Waals surface area contributed by atoms with Crippen LogP contribution in [0.15, 0.2) is 0 Å². The number of aliphatic hydroxyl groups is 1. The lowest BCUT2D eigenvalue weighted by atomic mass is 9.91. The molecule has 2 N–H and O–H groups in total. The molecule has 7 heteroatoms. The summed E-state index contributed by atoms with van der Waals surface area (Å²) < 4.78 is 25.6. The summed E-state index contributed by atoms with van der Waals surface area (Å²) in [6, 6.07) is -1.11. The van der Waals surface area contributed by atoms with Gasteiger partial charge in [-0.15, -0.1) is 0 Å². The summed E-state index contributed by atoms with van der Waals surface area (Å²) in [5, 5.41) is 18.6. The monoisotopic (exact) mass is 291 g/mol. The van der Waals surface area contributed by atoms with Crippen molar-refractivity contribution in [2.24, 2.45) is 5.92 Å². The van der Waals surface area contributed by atoms with Crippen molar-refractivity contribution < 1.29 is 23.4 Å². The summed E-state index contributed by atoms with van der Waals surface area (Å²) in [5.74, 6) is -1.03. The fourth-order valence-corrected chi connectivity index (χ4v) is 5.15. The van der Waals surface area contributed by atoms with Crippen LogP contribution in [0.3, 0.4) is 0 Å². The fraction of sp³-hybridized carbons (Fsp3) is 0.917. The molecule has 1 saturated carbocycles. The molecule has 0 aromatic rings. The lowest BCUT2D eigenvalue weighted by molar-refractivity contribution is -0.140. The highest BCUT2D eigenvalue weighted by Crippen LogP contribution is 2.28. The Balaban J connectivity index is 2.07. The summed E-state index contributed by atoms with van der Waals surface area (Å²) in [4.78, 5) is 11.1. The molecule has 1 aliphatic carbocycles. The molecule has 1 aliphatic heterocycles. The Labute approximate surface area is 113 Å². The van der Waals surface area contributed by atoms with Crippen molar-refractivity contribution in [3.63, 3.8) is 0 Å². The second-order valence-electron chi connectivity index (χ2n) is 5.60. The van der Waals surface area contributed by atoms with Crippen LogP contribution < -0.4 is 0 Å². The number of rotatable bonds is 4. The van der Waals surface area contributed by atoms with Gasteiger partial charge in [0.05, 0.1) is 11.9 Å². The zero-order chi connectivity index (χ0) is 14.0. The molecule has 0 bridgehead atoms. The van der Waals surface area contributed by atoms with Crippen LogP contribution in [0, 0.1) is 5.92 Å². The summed E-state index contributed by atoms with van der Waals surface area (Å²) in [7, 11) is -3.59. The van der Waals surface area contributed by atoms with E-state index in [0.29, 0.717) is 0 Å². The van der Waals surface area contributed by atoms with Crippen molar-refractivity contribution >= 4 is 16.0 Å². The predicted octanol–water partition coefficient (Wildman–Crippen LogP) is 0.416. The third kappa shape index (κ3) is 3.46. The number of hydrogen-bond donors (Lipinski definition) is 2. The number of aliphatic carboxylic acids is 1. The quantitative estimate of drug-likeness (QED) is 0.782. The number of sulfonamides is 1. The second kappa shape index (κ2) is 5.76. The Morgan fingerprint density at radius 1 is 1.21 bits per heavy atom. The maximum absolute atomic E-state index is 12.3. The van der Waals surface area contributed by atoms with Crippen LogP contribution in [-0.4, -0.2) is 53.3 Å². The van der Waals surface area contributed by atoms with Gasteiger partial charge < -0.3 is 10.2 Å². The molecule has 1 unspecified atom stereocenters. The minimum atomic E-state index is -3.59. The van der Waals surface area contributed by atoms with E-state index in [1.165, 1.54) is 0 Å². The van der Waals surface area contributed by atoms with E-state index < -0.39 is 28.1 Å². The number of carbonyl (C=O) groups is 1. The van der Waals surface area contributed by atoms with Crippen LogP contribution in [0.5, 0.6) is 0 Å². The van der Waals surface area contributed by atoms with Gasteiger partial charge in [0.1, 0.15) is 6.04 Å². The van der Waals surface area contributed by atoms with Crippen molar-refractivity contribution in [1.82, 2.24) is 4.31 Å². The van der Waals surface area contributed by atoms with Gasteiger partial charge in [0.15, 0.2) is 0 Å². The van der Waals surface area contributed by atoms with Crippen molar-refractivity contribution in [3.8, 4) is 0 Å². The Hall–Kier alpha value is -0.660. The maximum atomic E-state index is 12.3. The summed E-state index contributed by atoms with van der Waals surface area (Å²) in [6.45, 7) is -0.0913. The number of carboxylic acids is 1. The van der Waals surface area contributed by atoms with Gasteiger partial charge in [0.25, 0.3) is 0 Å². The number of β-amino-alcohol motifs (C(OH)–C–C–N with tert-alkyl or cyclic N) is 1. The molecule has 2 rings (SSSR count). The van der Waals surface area contributed by atoms with E-state index in [1.807, 2.05) is 0 Å². The van der Waals surface area contributed by atoms with Crippen molar-refractivity contribution in [2.45, 2.75) is 50.7 Å². The molecule has 6 nitrogen and oxygen atoms in total. The van der Waals surface area contributed by atoms with Crippen LogP contribution in [0.1, 0.15) is 38.5 Å². The number of nitrogens with zero attached hydrogens (tertiary/aromatic N) is 1. The first-order chi connectivity index (χ1) is 8.90. The van der Waals surface area contributed by atoms with Crippen LogP contribution >= 0.6 is 0 Å². The van der Waals surface area contributed by atoms with Crippen LogP contribution in [0.25, 0.3) is 0 Å². The lowest BCUT2D eigenvalue weighted by Crippen LogP contribution is -2.43. The molecule has 2 atom stereocenters. The fourth-order valence-electron chi connectivity index (χ4n) is 3.06. The first-order valence-electron chi connectivity index (χ1n) is 6.80. The third-order valence-electron chi connectivity index (χ3n) is 4.05. The zero-order valence-electron chi connectivity index (χ0n) is 10.9. The second-order valence-corrected chi connectivity index (χ2v) is 7.56. The molecule has 110 valence electrons. The van der Waals surface area contributed by atoms with Crippen molar-refractivity contribution in [3.05, 3.63) is 0 Å². The third-order valence-corrected chi connectivity index (χ3v) is 6.06. The van der Waals surface area contributed by atoms with Crippen molar-refractivity contribution in [2.75, 3.05) is 12.3 Å². The standard InChI is InChI=1S/C12H21NO5S/c14-10-6-11(12(15)16)13(7-10)19(17,18)8-9-4-2-1-3-5-9/h9-11,14H,1-8H2,(H,15,16)/t10?,11-/m0/s1. The number of aliphatic hydroxyl groups excluding tert-OH is 1. The Morgan fingerprint density at radius 3 is 2.42 bits per heavy atom. The minimum Gasteiger partial charge on any atom is -0.480 e. The van der Waals surface area contributed by atoms with E-state index in [0.717, 1.165) is 36.4 Å². The molecule has 0 amide bonds. The highest BCUT2D eigenvalue weighted by atomic mass is 32.2. The van der Waals surface area contributed by atoms with Gasteiger partial charge in [-0.3, -0.25) is 4.79 Å². The smallest absolute Gasteiger partial charge is 0.322 e. The molecule has 0 radical (unpaired) electrons. The van der Waals surface area contributed by atoms with Gasteiger partial charge in [-0.25, -0.2) is 8.42 Å². The van der Waals surface area contributed by atoms with Crippen LogP contribution in [-0.2, 0) is 14.8 Å². The molecule has 0 aromatic carbocycles. The summed E-state index contributed by atoms with van der Waals surface area (Å²) >= 11 is 0. The molecule has 1 saturated heterocycles. The van der Waals surface area contributed by atoms with Crippen LogP contribution in [0.4, 0.5) is 0 Å². The maximum Gasteiger partial charge on any atom is 0.322 e. The van der Waals surface area contributed by atoms with E-state index >= 15 is 0 Å². The Morgan fingerprint density at radius 2 is 1.84 bits per heavy atom. The Kier molecular flexibility index (Phi) is 4.47. The largest absolute Gasteiger partial charge is 0.480 e. The van der Waals surface area contributed by atoms with Crippen LogP contribution in [0.2, 0.25) is 0 Å². The molecule has 19 heavy (non-hydrogen) atoms. The van der Waals surface area contributed by atoms with E-state index in [-0.39, 0.29) is 24.6 Å². The molecule has 1 heterocycles. The van der Waals surface area contributed by atoms with E-state index in [4.69, 9.17) is 5.11 Å². The summed E-state index contributed by atoms with van der Waals surface area (Å²) in [5.41, 5.74) is 0. The van der Waals surface area contributed by atoms with Gasteiger partial charge in [-0.2, -0.15) is 4.31 Å². The zero-order valence-corrected chi connectivity index (χ0v) is 11.7. The molecular formula is C12H21NO5S. The first kappa shape index (κ1) is 14.7. The van der Waals surface area contributed by atoms with Gasteiger partial charge in [0.2, 0.25) is 10.0 Å². The van der Waals surface area contributed by atoms with Gasteiger partial charge in [0, 0.05) is 13.0 Å². The Bertz CT molecular complexity index is 429. The molecule has 2 fully saturated rings. The highest BCUT2D eigenvalue weighted by molar-refractivity contribution is 7.89. The molecule has 0 spiro atoms. The number of carboxylic acid groups (broad SMARTS) is 1. The van der Waals surface area contributed by atoms with Crippen molar-refractivity contribution in [1.29, 1.82) is 0 Å². The normalized spacial score (nSPS) is 30.6. The summed E-state index contributed by atoms with van der Waals surface area (Å²) in [6.07, 6.45) is 4.15. The van der Waals surface area contributed by atoms with Gasteiger partial charge in [-0.1, -0.05) is 19.3 Å². The molecule has 0 aromatic heterocycles. The predicted molar refractivity (Wildman–Crippen MR) is 69.1 cm³/mol. The average molecular weight is 291 g/mol. The highest BCUT2D eigenvalue weighted by Gasteiger charge is 2.43.